The van der Waals surface area contributed by atoms with Crippen molar-refractivity contribution in [3.63, 3.8) is 0 Å². The zero-order valence-corrected chi connectivity index (χ0v) is 15.6. The van der Waals surface area contributed by atoms with Crippen LogP contribution in [0.1, 0.15) is 17.1 Å². The molecule has 0 saturated carbocycles. The lowest BCUT2D eigenvalue weighted by Gasteiger charge is -2.35. The Morgan fingerprint density at radius 3 is 2.42 bits per heavy atom. The predicted octanol–water partition coefficient (Wildman–Crippen LogP) is 2.68. The van der Waals surface area contributed by atoms with E-state index in [9.17, 15) is 0 Å². The molecular weight excluding hydrogens is 326 g/mol. The van der Waals surface area contributed by atoms with Gasteiger partial charge in [0.05, 0.1) is 12.8 Å². The topological polar surface area (TPSA) is 45.9 Å². The number of hydrogen-bond acceptors (Lipinski definition) is 5. The lowest BCUT2D eigenvalue weighted by atomic mass is 10.2. The molecule has 3 aromatic rings. The van der Waals surface area contributed by atoms with Gasteiger partial charge in [0, 0.05) is 56.0 Å². The third-order valence-corrected chi connectivity index (χ3v) is 5.01. The monoisotopic (exact) mass is 351 g/mol. The fourth-order valence-corrected chi connectivity index (χ4v) is 3.58. The molecule has 0 unspecified atom stereocenters. The normalized spacial score (nSPS) is 15.6. The zero-order chi connectivity index (χ0) is 18.1. The van der Waals surface area contributed by atoms with Gasteiger partial charge in [-0.05, 0) is 44.2 Å². The molecule has 1 aliphatic heterocycles. The maximum absolute atomic E-state index is 5.24. The molecule has 0 aliphatic carbocycles. The van der Waals surface area contributed by atoms with E-state index < -0.39 is 0 Å². The fourth-order valence-electron chi connectivity index (χ4n) is 3.58. The SMILES string of the molecule is COc1ccc(N2CCN(Cc3cn4c(C)cc(C)nc4n3)CC2)cc1. The minimum atomic E-state index is 0.800. The summed E-state index contributed by atoms with van der Waals surface area (Å²) in [5.74, 6) is 1.70. The highest BCUT2D eigenvalue weighted by Gasteiger charge is 2.18. The minimum absolute atomic E-state index is 0.800. The molecule has 1 saturated heterocycles. The van der Waals surface area contributed by atoms with Gasteiger partial charge in [0.2, 0.25) is 5.78 Å². The van der Waals surface area contributed by atoms with Gasteiger partial charge in [0.25, 0.3) is 0 Å². The second-order valence-corrected chi connectivity index (χ2v) is 6.90. The van der Waals surface area contributed by atoms with Crippen LogP contribution in [-0.2, 0) is 6.54 Å². The Morgan fingerprint density at radius 2 is 1.73 bits per heavy atom. The van der Waals surface area contributed by atoms with Crippen molar-refractivity contribution in [1.29, 1.82) is 0 Å². The van der Waals surface area contributed by atoms with Crippen molar-refractivity contribution in [2.24, 2.45) is 0 Å². The summed E-state index contributed by atoms with van der Waals surface area (Å²) < 4.78 is 7.32. The Morgan fingerprint density at radius 1 is 1.00 bits per heavy atom. The lowest BCUT2D eigenvalue weighted by Crippen LogP contribution is -2.46. The van der Waals surface area contributed by atoms with Gasteiger partial charge in [0.1, 0.15) is 5.75 Å². The third kappa shape index (κ3) is 3.37. The molecule has 1 aromatic carbocycles. The van der Waals surface area contributed by atoms with E-state index in [2.05, 4.69) is 50.5 Å². The van der Waals surface area contributed by atoms with Gasteiger partial charge in [-0.1, -0.05) is 0 Å². The average molecular weight is 351 g/mol. The number of imidazole rings is 1. The van der Waals surface area contributed by atoms with Crippen molar-refractivity contribution in [3.8, 4) is 5.75 Å². The molecule has 0 N–H and O–H groups in total. The summed E-state index contributed by atoms with van der Waals surface area (Å²) in [6.07, 6.45) is 2.12. The van der Waals surface area contributed by atoms with Gasteiger partial charge in [-0.15, -0.1) is 0 Å². The Kier molecular flexibility index (Phi) is 4.51. The van der Waals surface area contributed by atoms with Crippen LogP contribution in [0.15, 0.2) is 36.5 Å². The zero-order valence-electron chi connectivity index (χ0n) is 15.6. The van der Waals surface area contributed by atoms with Gasteiger partial charge in [-0.3, -0.25) is 9.30 Å². The van der Waals surface area contributed by atoms with Gasteiger partial charge >= 0.3 is 0 Å². The van der Waals surface area contributed by atoms with E-state index in [-0.39, 0.29) is 0 Å². The van der Waals surface area contributed by atoms with Crippen molar-refractivity contribution in [1.82, 2.24) is 19.3 Å². The summed E-state index contributed by atoms with van der Waals surface area (Å²) in [6.45, 7) is 9.10. The Hall–Kier alpha value is -2.60. The summed E-state index contributed by atoms with van der Waals surface area (Å²) in [4.78, 5) is 14.1. The Labute approximate surface area is 154 Å². The number of nitrogens with zero attached hydrogens (tertiary/aromatic N) is 5. The number of rotatable bonds is 4. The smallest absolute Gasteiger partial charge is 0.234 e. The lowest BCUT2D eigenvalue weighted by molar-refractivity contribution is 0.247. The van der Waals surface area contributed by atoms with Crippen LogP contribution in [0.5, 0.6) is 5.75 Å². The summed E-state index contributed by atoms with van der Waals surface area (Å²) >= 11 is 0. The molecule has 2 aromatic heterocycles. The molecule has 1 aliphatic rings. The maximum atomic E-state index is 5.24. The Balaban J connectivity index is 1.39. The second-order valence-electron chi connectivity index (χ2n) is 6.90. The highest BCUT2D eigenvalue weighted by atomic mass is 16.5. The highest BCUT2D eigenvalue weighted by molar-refractivity contribution is 5.49. The van der Waals surface area contributed by atoms with E-state index in [1.165, 1.54) is 11.4 Å². The molecular formula is C20H25N5O. The van der Waals surface area contributed by atoms with Gasteiger partial charge in [-0.25, -0.2) is 9.97 Å². The van der Waals surface area contributed by atoms with Crippen molar-refractivity contribution in [2.75, 3.05) is 38.2 Å². The summed E-state index contributed by atoms with van der Waals surface area (Å²) in [5.41, 5.74) is 4.54. The van der Waals surface area contributed by atoms with E-state index in [4.69, 9.17) is 9.72 Å². The van der Waals surface area contributed by atoms with E-state index in [1.807, 2.05) is 19.1 Å². The van der Waals surface area contributed by atoms with Crippen LogP contribution >= 0.6 is 0 Å². The van der Waals surface area contributed by atoms with Crippen molar-refractivity contribution in [3.05, 3.63) is 53.6 Å². The van der Waals surface area contributed by atoms with Crippen LogP contribution < -0.4 is 9.64 Å². The van der Waals surface area contributed by atoms with E-state index in [1.54, 1.807) is 7.11 Å². The van der Waals surface area contributed by atoms with E-state index in [0.29, 0.717) is 0 Å². The first-order valence-electron chi connectivity index (χ1n) is 9.06. The molecule has 1 fully saturated rings. The van der Waals surface area contributed by atoms with Crippen LogP contribution in [-0.4, -0.2) is 52.6 Å². The molecule has 4 rings (SSSR count). The predicted molar refractivity (Wildman–Crippen MR) is 103 cm³/mol. The fraction of sp³-hybridized carbons (Fsp3) is 0.400. The van der Waals surface area contributed by atoms with Gasteiger partial charge in [0.15, 0.2) is 0 Å². The number of piperazine rings is 1. The molecule has 6 heteroatoms. The number of hydrogen-bond donors (Lipinski definition) is 0. The van der Waals surface area contributed by atoms with Crippen molar-refractivity contribution < 1.29 is 4.74 Å². The van der Waals surface area contributed by atoms with E-state index in [0.717, 1.165) is 55.6 Å². The van der Waals surface area contributed by atoms with Crippen LogP contribution in [0.3, 0.4) is 0 Å². The second kappa shape index (κ2) is 6.96. The van der Waals surface area contributed by atoms with Crippen LogP contribution in [0.4, 0.5) is 5.69 Å². The number of fused-ring (bicyclic) bond motifs is 1. The first kappa shape index (κ1) is 16.8. The Bertz CT molecular complexity index is 894. The molecule has 26 heavy (non-hydrogen) atoms. The number of methoxy groups -OCH3 is 1. The molecule has 6 nitrogen and oxygen atoms in total. The van der Waals surface area contributed by atoms with Crippen LogP contribution in [0.2, 0.25) is 0 Å². The molecule has 3 heterocycles. The van der Waals surface area contributed by atoms with Crippen molar-refractivity contribution in [2.45, 2.75) is 20.4 Å². The quantitative estimate of drug-likeness (QED) is 0.723. The number of aromatic nitrogens is 3. The summed E-state index contributed by atoms with van der Waals surface area (Å²) in [5, 5.41) is 0. The molecule has 136 valence electrons. The molecule has 0 spiro atoms. The first-order valence-corrected chi connectivity index (χ1v) is 9.06. The number of aryl methyl sites for hydroxylation is 2. The average Bonchev–Trinajstić information content (AvgIpc) is 3.05. The highest BCUT2D eigenvalue weighted by Crippen LogP contribution is 2.21. The number of ether oxygens (including phenoxy) is 1. The third-order valence-electron chi connectivity index (χ3n) is 5.01. The summed E-state index contributed by atoms with van der Waals surface area (Å²) in [7, 11) is 1.70. The number of benzene rings is 1. The molecule has 0 amide bonds. The van der Waals surface area contributed by atoms with Gasteiger partial charge < -0.3 is 9.64 Å². The number of anilines is 1. The minimum Gasteiger partial charge on any atom is -0.497 e. The standard InChI is InChI=1S/C20H25N5O/c1-15-12-16(2)25-14-17(22-20(25)21-15)13-23-8-10-24(11-9-23)18-4-6-19(26-3)7-5-18/h4-7,12,14H,8-11,13H2,1-3H3. The molecule has 0 atom stereocenters. The van der Waals surface area contributed by atoms with Crippen molar-refractivity contribution >= 4 is 11.5 Å². The van der Waals surface area contributed by atoms with Gasteiger partial charge in [-0.2, -0.15) is 0 Å². The van der Waals surface area contributed by atoms with E-state index >= 15 is 0 Å². The van der Waals surface area contributed by atoms with Crippen LogP contribution in [0.25, 0.3) is 5.78 Å². The maximum Gasteiger partial charge on any atom is 0.234 e. The first-order chi connectivity index (χ1) is 12.6. The molecule has 0 radical (unpaired) electrons. The molecule has 0 bridgehead atoms. The van der Waals surface area contributed by atoms with Crippen LogP contribution in [0, 0.1) is 13.8 Å². The largest absolute Gasteiger partial charge is 0.497 e. The summed E-state index contributed by atoms with van der Waals surface area (Å²) in [6, 6.07) is 10.4.